The molecule has 2 aliphatic rings. The van der Waals surface area contributed by atoms with Crippen molar-refractivity contribution in [3.63, 3.8) is 0 Å². The number of carbonyl (C=O) groups excluding carboxylic acids is 3. The summed E-state index contributed by atoms with van der Waals surface area (Å²) in [4.78, 5) is 46.3. The monoisotopic (exact) mass is 573 g/mol. The van der Waals surface area contributed by atoms with Crippen LogP contribution in [0.4, 0.5) is 14.3 Å². The molecule has 40 heavy (non-hydrogen) atoms. The summed E-state index contributed by atoms with van der Waals surface area (Å²) in [6.07, 6.45) is 3.90. The highest BCUT2D eigenvalue weighted by molar-refractivity contribution is 7.17. The number of hydrogen-bond acceptors (Lipinski definition) is 8. The molecule has 2 aromatic rings. The van der Waals surface area contributed by atoms with Gasteiger partial charge in [0.05, 0.1) is 18.8 Å². The van der Waals surface area contributed by atoms with Gasteiger partial charge in [-0.05, 0) is 76.6 Å². The van der Waals surface area contributed by atoms with E-state index in [4.69, 9.17) is 4.74 Å². The van der Waals surface area contributed by atoms with Crippen LogP contribution in [0.2, 0.25) is 0 Å². The number of anilines is 1. The summed E-state index contributed by atoms with van der Waals surface area (Å²) in [5.41, 5.74) is 1.67. The summed E-state index contributed by atoms with van der Waals surface area (Å²) in [5, 5.41) is 6.29. The average Bonchev–Trinajstić information content (AvgIpc) is 3.26. The molecule has 3 heterocycles. The van der Waals surface area contributed by atoms with Crippen molar-refractivity contribution < 1.29 is 23.5 Å². The predicted molar refractivity (Wildman–Crippen MR) is 153 cm³/mol. The smallest absolute Gasteiger partial charge is 0.350 e. The van der Waals surface area contributed by atoms with Crippen LogP contribution in [0.25, 0.3) is 0 Å². The van der Waals surface area contributed by atoms with Gasteiger partial charge in [-0.2, -0.15) is 0 Å². The molecule has 11 heteroatoms. The molecule has 1 unspecified atom stereocenters. The number of nitrogens with one attached hydrogen (secondary N) is 2. The summed E-state index contributed by atoms with van der Waals surface area (Å²) < 4.78 is 18.4. The molecule has 0 saturated carbocycles. The second-order valence-corrected chi connectivity index (χ2v) is 11.9. The van der Waals surface area contributed by atoms with E-state index >= 15 is 0 Å². The number of Topliss-reactive ketones (excluding diaryl/α,β-unsaturated/α-hetero) is 1. The maximum Gasteiger partial charge on any atom is 0.350 e. The largest absolute Gasteiger partial charge is 0.462 e. The van der Waals surface area contributed by atoms with E-state index in [-0.39, 0.29) is 36.2 Å². The van der Waals surface area contributed by atoms with Crippen molar-refractivity contribution in [2.45, 2.75) is 52.5 Å². The number of piperidine rings is 2. The number of hydrogen-bond donors (Lipinski definition) is 2. The van der Waals surface area contributed by atoms with Gasteiger partial charge in [-0.15, -0.1) is 0 Å². The van der Waals surface area contributed by atoms with Crippen LogP contribution in [-0.4, -0.2) is 84.5 Å². The molecule has 0 radical (unpaired) electrons. The number of benzene rings is 1. The third-order valence-electron chi connectivity index (χ3n) is 7.59. The lowest BCUT2D eigenvalue weighted by Crippen LogP contribution is -2.56. The van der Waals surface area contributed by atoms with Crippen LogP contribution in [-0.2, 0) is 16.0 Å². The van der Waals surface area contributed by atoms with Gasteiger partial charge in [0.1, 0.15) is 16.5 Å². The molecule has 2 N–H and O–H groups in total. The van der Waals surface area contributed by atoms with Gasteiger partial charge in [0.25, 0.3) is 0 Å². The summed E-state index contributed by atoms with van der Waals surface area (Å²) in [7, 11) is 0. The number of amides is 2. The van der Waals surface area contributed by atoms with E-state index in [1.807, 2.05) is 12.1 Å². The van der Waals surface area contributed by atoms with Crippen molar-refractivity contribution in [3.8, 4) is 0 Å². The number of rotatable bonds is 10. The summed E-state index contributed by atoms with van der Waals surface area (Å²) >= 11 is 1.10. The molecular weight excluding hydrogens is 533 g/mol. The highest BCUT2D eigenvalue weighted by Gasteiger charge is 2.33. The molecular formula is C29H40FN5O4S. The van der Waals surface area contributed by atoms with E-state index in [1.54, 1.807) is 20.8 Å². The fourth-order valence-corrected chi connectivity index (χ4v) is 6.70. The molecule has 2 aliphatic heterocycles. The van der Waals surface area contributed by atoms with Crippen molar-refractivity contribution in [2.75, 3.05) is 51.2 Å². The van der Waals surface area contributed by atoms with Crippen LogP contribution in [0, 0.1) is 24.6 Å². The Labute approximate surface area is 239 Å². The summed E-state index contributed by atoms with van der Waals surface area (Å²) in [6.45, 7) is 9.99. The lowest BCUT2D eigenvalue weighted by molar-refractivity contribution is -0.118. The van der Waals surface area contributed by atoms with E-state index in [0.717, 1.165) is 75.3 Å². The number of halogens is 1. The highest BCUT2D eigenvalue weighted by atomic mass is 32.1. The Morgan fingerprint density at radius 3 is 2.62 bits per heavy atom. The molecule has 0 spiro atoms. The van der Waals surface area contributed by atoms with Crippen LogP contribution in [0.5, 0.6) is 0 Å². The first-order chi connectivity index (χ1) is 19.2. The Hall–Kier alpha value is -2.89. The van der Waals surface area contributed by atoms with Gasteiger partial charge >= 0.3 is 12.0 Å². The molecule has 0 aliphatic carbocycles. The lowest BCUT2D eigenvalue weighted by Gasteiger charge is -2.42. The van der Waals surface area contributed by atoms with Gasteiger partial charge in [-0.1, -0.05) is 23.5 Å². The van der Waals surface area contributed by atoms with Crippen molar-refractivity contribution in [1.82, 2.24) is 20.1 Å². The number of ether oxygens (including phenoxy) is 1. The first-order valence-electron chi connectivity index (χ1n) is 14.1. The highest BCUT2D eigenvalue weighted by Crippen LogP contribution is 2.26. The van der Waals surface area contributed by atoms with E-state index in [1.165, 1.54) is 12.1 Å². The minimum absolute atomic E-state index is 0.0636. The van der Waals surface area contributed by atoms with Gasteiger partial charge in [-0.3, -0.25) is 15.0 Å². The normalized spacial score (nSPS) is 22.1. The third-order valence-corrected chi connectivity index (χ3v) is 8.65. The number of aromatic nitrogens is 1. The zero-order valence-corrected chi connectivity index (χ0v) is 24.4. The number of esters is 1. The van der Waals surface area contributed by atoms with E-state index in [9.17, 15) is 18.8 Å². The Kier molecular flexibility index (Phi) is 10.6. The maximum absolute atomic E-state index is 13.3. The number of nitrogens with zero attached hydrogens (tertiary/aromatic N) is 3. The molecule has 2 fully saturated rings. The van der Waals surface area contributed by atoms with E-state index < -0.39 is 5.97 Å². The van der Waals surface area contributed by atoms with Gasteiger partial charge in [0.2, 0.25) is 0 Å². The van der Waals surface area contributed by atoms with Gasteiger partial charge in [0, 0.05) is 38.1 Å². The molecule has 9 nitrogen and oxygen atoms in total. The van der Waals surface area contributed by atoms with E-state index in [2.05, 4.69) is 25.4 Å². The number of aryl methyl sites for hydroxylation is 1. The molecule has 2 amide bonds. The molecule has 0 bridgehead atoms. The number of carbonyl (C=O) groups is 3. The molecule has 218 valence electrons. The van der Waals surface area contributed by atoms with Crippen molar-refractivity contribution >= 4 is 34.3 Å². The van der Waals surface area contributed by atoms with Crippen molar-refractivity contribution in [2.24, 2.45) is 11.8 Å². The third kappa shape index (κ3) is 8.55. The van der Waals surface area contributed by atoms with E-state index in [0.29, 0.717) is 28.2 Å². The second kappa shape index (κ2) is 14.1. The minimum Gasteiger partial charge on any atom is -0.462 e. The first-order valence-corrected chi connectivity index (χ1v) is 14.9. The fraction of sp³-hybridized carbons (Fsp3) is 0.586. The maximum atomic E-state index is 13.3. The first kappa shape index (κ1) is 30.1. The minimum atomic E-state index is -0.442. The Bertz CT molecular complexity index is 1170. The molecule has 1 aromatic heterocycles. The van der Waals surface area contributed by atoms with Gasteiger partial charge in [0.15, 0.2) is 5.13 Å². The number of likely N-dealkylation sites (tertiary alicyclic amines) is 2. The average molecular weight is 574 g/mol. The molecule has 3 atom stereocenters. The number of ketones is 1. The zero-order chi connectivity index (χ0) is 28.6. The molecule has 2 saturated heterocycles. The van der Waals surface area contributed by atoms with Crippen LogP contribution < -0.4 is 10.6 Å². The predicted octanol–water partition coefficient (Wildman–Crippen LogP) is 4.12. The molecule has 1 aromatic carbocycles. The quantitative estimate of drug-likeness (QED) is 0.412. The Morgan fingerprint density at radius 2 is 1.90 bits per heavy atom. The standard InChI is InChI=1S/C29H40FN5O4S/c1-4-39-27(37)26-20(3)31-29(40-26)33-28(38)32-25-11-13-35(15-19(2)36)18-23(25)17-34-12-5-6-22(16-34)14-21-7-9-24(30)10-8-21/h7-10,22-23,25H,4-6,11-18H2,1-3H3,(H2,31,32,33,38)/t22?,23-,25-/m1/s1. The van der Waals surface area contributed by atoms with Gasteiger partial charge < -0.3 is 15.0 Å². The van der Waals surface area contributed by atoms with Crippen LogP contribution in [0.1, 0.15) is 54.0 Å². The Balaban J connectivity index is 1.38. The van der Waals surface area contributed by atoms with Crippen LogP contribution >= 0.6 is 11.3 Å². The van der Waals surface area contributed by atoms with Crippen molar-refractivity contribution in [3.05, 3.63) is 46.2 Å². The topological polar surface area (TPSA) is 104 Å². The number of urea groups is 1. The summed E-state index contributed by atoms with van der Waals surface area (Å²) in [5.74, 6) is 0.123. The Morgan fingerprint density at radius 1 is 1.12 bits per heavy atom. The lowest BCUT2D eigenvalue weighted by atomic mass is 9.88. The van der Waals surface area contributed by atoms with Crippen molar-refractivity contribution in [1.29, 1.82) is 0 Å². The van der Waals surface area contributed by atoms with Gasteiger partial charge in [-0.25, -0.2) is 19.0 Å². The van der Waals surface area contributed by atoms with Crippen LogP contribution in [0.3, 0.4) is 0 Å². The number of thiazole rings is 1. The summed E-state index contributed by atoms with van der Waals surface area (Å²) in [6, 6.07) is 6.36. The fourth-order valence-electron chi connectivity index (χ4n) is 5.85. The molecule has 4 rings (SSSR count). The second-order valence-electron chi connectivity index (χ2n) is 10.9. The SMILES string of the molecule is CCOC(=O)c1sc(NC(=O)N[C@@H]2CCN(CC(C)=O)C[C@H]2CN2CCCC(Cc3ccc(F)cc3)C2)nc1C. The van der Waals surface area contributed by atoms with Crippen LogP contribution in [0.15, 0.2) is 24.3 Å². The zero-order valence-electron chi connectivity index (χ0n) is 23.6.